The Kier molecular flexibility index (Phi) is 5.04. The average Bonchev–Trinajstić information content (AvgIpc) is 3.02. The molecule has 0 saturated carbocycles. The van der Waals surface area contributed by atoms with Crippen molar-refractivity contribution < 1.29 is 5.11 Å². The van der Waals surface area contributed by atoms with Gasteiger partial charge in [0.05, 0.1) is 11.3 Å². The summed E-state index contributed by atoms with van der Waals surface area (Å²) < 4.78 is 1.88. The number of β-amino-alcohol motifs (C(OH)–C–C–N with tert-alkyl or cyclic N) is 1. The smallest absolute Gasteiger partial charge is 0.0900 e. The number of likely N-dealkylation sites (tertiary alicyclic amines) is 1. The van der Waals surface area contributed by atoms with Crippen LogP contribution in [0.1, 0.15) is 24.0 Å². The SMILES string of the molecule is Cc1cc(-n2cccn2)ccc1CN1CCC[C@](O)(CN(C)C)C1. The van der Waals surface area contributed by atoms with E-state index < -0.39 is 5.60 Å². The summed E-state index contributed by atoms with van der Waals surface area (Å²) in [6, 6.07) is 8.41. The van der Waals surface area contributed by atoms with Gasteiger partial charge in [0.1, 0.15) is 0 Å². The van der Waals surface area contributed by atoms with Crippen LogP contribution in [0.5, 0.6) is 0 Å². The van der Waals surface area contributed by atoms with Crippen LogP contribution in [0.4, 0.5) is 0 Å². The molecule has 1 saturated heterocycles. The fourth-order valence-electron chi connectivity index (χ4n) is 3.72. The summed E-state index contributed by atoms with van der Waals surface area (Å²) in [5.74, 6) is 0. The number of hydrogen-bond acceptors (Lipinski definition) is 4. The maximum atomic E-state index is 10.8. The van der Waals surface area contributed by atoms with Crippen molar-refractivity contribution in [2.24, 2.45) is 0 Å². The van der Waals surface area contributed by atoms with Gasteiger partial charge < -0.3 is 10.0 Å². The highest BCUT2D eigenvalue weighted by Gasteiger charge is 2.33. The van der Waals surface area contributed by atoms with Crippen LogP contribution in [-0.2, 0) is 6.54 Å². The Morgan fingerprint density at radius 3 is 2.83 bits per heavy atom. The van der Waals surface area contributed by atoms with Crippen molar-refractivity contribution in [2.75, 3.05) is 33.7 Å². The first kappa shape index (κ1) is 17.1. The Morgan fingerprint density at radius 1 is 1.33 bits per heavy atom. The second-order valence-corrected chi connectivity index (χ2v) is 7.34. The summed E-state index contributed by atoms with van der Waals surface area (Å²) in [4.78, 5) is 4.45. The topological polar surface area (TPSA) is 44.5 Å². The molecule has 3 rings (SSSR count). The molecule has 0 spiro atoms. The molecule has 2 heterocycles. The molecule has 0 aliphatic carbocycles. The molecule has 5 nitrogen and oxygen atoms in total. The molecule has 24 heavy (non-hydrogen) atoms. The Balaban J connectivity index is 1.69. The lowest BCUT2D eigenvalue weighted by atomic mass is 9.92. The fraction of sp³-hybridized carbons (Fsp3) is 0.526. The van der Waals surface area contributed by atoms with Crippen LogP contribution >= 0.6 is 0 Å². The normalized spacial score (nSPS) is 22.2. The number of aryl methyl sites for hydroxylation is 1. The molecule has 1 aromatic heterocycles. The van der Waals surface area contributed by atoms with E-state index in [0.717, 1.165) is 44.7 Å². The minimum Gasteiger partial charge on any atom is -0.387 e. The minimum atomic E-state index is -0.593. The highest BCUT2D eigenvalue weighted by molar-refractivity contribution is 5.39. The molecule has 1 N–H and O–H groups in total. The summed E-state index contributed by atoms with van der Waals surface area (Å²) in [6.07, 6.45) is 5.69. The third-order valence-corrected chi connectivity index (χ3v) is 4.73. The maximum Gasteiger partial charge on any atom is 0.0900 e. The Labute approximate surface area is 144 Å². The summed E-state index contributed by atoms with van der Waals surface area (Å²) in [6.45, 7) is 5.56. The van der Waals surface area contributed by atoms with Gasteiger partial charge in [-0.1, -0.05) is 6.07 Å². The zero-order valence-corrected chi connectivity index (χ0v) is 14.9. The van der Waals surface area contributed by atoms with Crippen LogP contribution in [0, 0.1) is 6.92 Å². The van der Waals surface area contributed by atoms with Gasteiger partial charge in [-0.25, -0.2) is 4.68 Å². The van der Waals surface area contributed by atoms with Crippen LogP contribution in [0.3, 0.4) is 0 Å². The van der Waals surface area contributed by atoms with E-state index in [-0.39, 0.29) is 0 Å². The number of aliphatic hydroxyl groups is 1. The number of nitrogens with zero attached hydrogens (tertiary/aromatic N) is 4. The molecule has 1 aliphatic heterocycles. The molecule has 2 aromatic rings. The average molecular weight is 328 g/mol. The van der Waals surface area contributed by atoms with Crippen molar-refractivity contribution in [3.63, 3.8) is 0 Å². The monoisotopic (exact) mass is 328 g/mol. The molecule has 1 fully saturated rings. The first-order chi connectivity index (χ1) is 11.5. The van der Waals surface area contributed by atoms with Crippen molar-refractivity contribution in [1.82, 2.24) is 19.6 Å². The third kappa shape index (κ3) is 4.04. The lowest BCUT2D eigenvalue weighted by molar-refractivity contribution is -0.0480. The van der Waals surface area contributed by atoms with Crippen molar-refractivity contribution in [1.29, 1.82) is 0 Å². The molecular formula is C19H28N4O. The van der Waals surface area contributed by atoms with Crippen molar-refractivity contribution >= 4 is 0 Å². The summed E-state index contributed by atoms with van der Waals surface area (Å²) in [5.41, 5.74) is 3.08. The van der Waals surface area contributed by atoms with E-state index in [4.69, 9.17) is 0 Å². The molecule has 0 radical (unpaired) electrons. The zero-order chi connectivity index (χ0) is 17.2. The number of hydrogen-bond donors (Lipinski definition) is 1. The predicted octanol–water partition coefficient (Wildman–Crippen LogP) is 2.07. The number of piperidine rings is 1. The Bertz CT molecular complexity index is 668. The van der Waals surface area contributed by atoms with Gasteiger partial charge in [0.25, 0.3) is 0 Å². The predicted molar refractivity (Wildman–Crippen MR) is 96.3 cm³/mol. The van der Waals surface area contributed by atoms with E-state index in [1.54, 1.807) is 6.20 Å². The number of rotatable bonds is 5. The lowest BCUT2D eigenvalue weighted by Gasteiger charge is -2.40. The van der Waals surface area contributed by atoms with E-state index in [2.05, 4.69) is 40.0 Å². The first-order valence-electron chi connectivity index (χ1n) is 8.64. The van der Waals surface area contributed by atoms with Crippen LogP contribution in [0.2, 0.25) is 0 Å². The maximum absolute atomic E-state index is 10.8. The van der Waals surface area contributed by atoms with Gasteiger partial charge in [-0.05, 0) is 69.7 Å². The standard InChI is InChI=1S/C19H28N4O/c1-16-12-18(23-11-5-9-20-23)7-6-17(16)13-22-10-4-8-19(24,15-22)14-21(2)3/h5-7,9,11-12,24H,4,8,10,13-15H2,1-3H3/t19-/m0/s1. The molecule has 1 atom stereocenters. The van der Waals surface area contributed by atoms with Gasteiger partial charge >= 0.3 is 0 Å². The third-order valence-electron chi connectivity index (χ3n) is 4.73. The molecule has 1 aliphatic rings. The molecule has 0 unspecified atom stereocenters. The fourth-order valence-corrected chi connectivity index (χ4v) is 3.72. The summed E-state index contributed by atoms with van der Waals surface area (Å²) in [7, 11) is 4.05. The van der Waals surface area contributed by atoms with E-state index in [9.17, 15) is 5.11 Å². The van der Waals surface area contributed by atoms with Crippen LogP contribution in [0.15, 0.2) is 36.7 Å². The molecule has 0 amide bonds. The van der Waals surface area contributed by atoms with E-state index in [1.165, 1.54) is 11.1 Å². The number of benzene rings is 1. The second kappa shape index (κ2) is 7.05. The van der Waals surface area contributed by atoms with E-state index in [1.807, 2.05) is 31.0 Å². The summed E-state index contributed by atoms with van der Waals surface area (Å²) >= 11 is 0. The van der Waals surface area contributed by atoms with E-state index in [0.29, 0.717) is 0 Å². The number of likely N-dealkylation sites (N-methyl/N-ethyl adjacent to an activating group) is 1. The second-order valence-electron chi connectivity index (χ2n) is 7.34. The molecule has 130 valence electrons. The molecular weight excluding hydrogens is 300 g/mol. The van der Waals surface area contributed by atoms with Gasteiger partial charge in [-0.15, -0.1) is 0 Å². The van der Waals surface area contributed by atoms with Crippen molar-refractivity contribution in [2.45, 2.75) is 31.9 Å². The lowest BCUT2D eigenvalue weighted by Crippen LogP contribution is -2.52. The first-order valence-corrected chi connectivity index (χ1v) is 8.64. The Hall–Kier alpha value is -1.69. The highest BCUT2D eigenvalue weighted by Crippen LogP contribution is 2.24. The zero-order valence-electron chi connectivity index (χ0n) is 14.9. The van der Waals surface area contributed by atoms with Gasteiger partial charge in [0.2, 0.25) is 0 Å². The van der Waals surface area contributed by atoms with Crippen molar-refractivity contribution in [3.05, 3.63) is 47.8 Å². The highest BCUT2D eigenvalue weighted by atomic mass is 16.3. The van der Waals surface area contributed by atoms with Gasteiger partial charge in [-0.3, -0.25) is 4.90 Å². The molecule has 1 aromatic carbocycles. The van der Waals surface area contributed by atoms with Gasteiger partial charge in [-0.2, -0.15) is 5.10 Å². The Morgan fingerprint density at radius 2 is 2.17 bits per heavy atom. The van der Waals surface area contributed by atoms with Gasteiger partial charge in [0.15, 0.2) is 0 Å². The van der Waals surface area contributed by atoms with Crippen molar-refractivity contribution in [3.8, 4) is 5.69 Å². The molecule has 0 bridgehead atoms. The number of aromatic nitrogens is 2. The largest absolute Gasteiger partial charge is 0.387 e. The molecule has 5 heteroatoms. The quantitative estimate of drug-likeness (QED) is 0.913. The van der Waals surface area contributed by atoms with E-state index >= 15 is 0 Å². The van der Waals surface area contributed by atoms with Gasteiger partial charge in [0, 0.05) is 32.0 Å². The van der Waals surface area contributed by atoms with Crippen LogP contribution in [-0.4, -0.2) is 64.0 Å². The van der Waals surface area contributed by atoms with Crippen LogP contribution in [0.25, 0.3) is 5.69 Å². The van der Waals surface area contributed by atoms with Crippen LogP contribution < -0.4 is 0 Å². The minimum absolute atomic E-state index is 0.593. The summed E-state index contributed by atoms with van der Waals surface area (Å²) in [5, 5.41) is 15.1.